The van der Waals surface area contributed by atoms with Gasteiger partial charge in [0.15, 0.2) is 0 Å². The van der Waals surface area contributed by atoms with Crippen molar-refractivity contribution in [2.24, 2.45) is 0 Å². The van der Waals surface area contributed by atoms with Gasteiger partial charge >= 0.3 is 0 Å². The maximum atomic E-state index is 2.60. The van der Waals surface area contributed by atoms with Gasteiger partial charge in [0.2, 0.25) is 0 Å². The number of hydrogen-bond donors (Lipinski definition) is 0. The second-order valence-corrected chi connectivity index (χ2v) is 19.6. The van der Waals surface area contributed by atoms with E-state index in [0.29, 0.717) is 0 Å². The summed E-state index contributed by atoms with van der Waals surface area (Å²) in [5, 5.41) is 7.94. The molecule has 0 saturated heterocycles. The zero-order valence-corrected chi connectivity index (χ0v) is 31.1. The van der Waals surface area contributed by atoms with Crippen molar-refractivity contribution in [3.63, 3.8) is 0 Å². The lowest BCUT2D eigenvalue weighted by molar-refractivity contribution is 1.26. The van der Waals surface area contributed by atoms with Gasteiger partial charge in [0.1, 0.15) is 8.07 Å². The highest BCUT2D eigenvalue weighted by molar-refractivity contribution is 7.02. The summed E-state index contributed by atoms with van der Waals surface area (Å²) in [4.78, 5) is 5.19. The van der Waals surface area contributed by atoms with Crippen LogP contribution in [-0.2, 0) is 0 Å². The minimum Gasteiger partial charge on any atom is -0.311 e. The molecule has 248 valence electrons. The van der Waals surface area contributed by atoms with Gasteiger partial charge in [-0.15, -0.1) is 0 Å². The molecule has 0 saturated carbocycles. The van der Waals surface area contributed by atoms with E-state index in [2.05, 4.69) is 201 Å². The van der Waals surface area contributed by atoms with Gasteiger partial charge in [0.25, 0.3) is 6.71 Å². The molecule has 0 aliphatic carbocycles. The first-order valence-electron chi connectivity index (χ1n) is 18.4. The Bertz CT molecular complexity index is 2560. The average Bonchev–Trinajstić information content (AvgIpc) is 3.17. The zero-order chi connectivity index (χ0) is 35.1. The van der Waals surface area contributed by atoms with Crippen LogP contribution >= 0.6 is 0 Å². The number of anilines is 6. The average molecular weight is 683 g/mol. The Balaban J connectivity index is 1.40. The number of rotatable bonds is 4. The molecule has 0 N–H and O–H groups in total. The van der Waals surface area contributed by atoms with E-state index in [1.165, 1.54) is 93.6 Å². The summed E-state index contributed by atoms with van der Waals surface area (Å²) in [5.74, 6) is 0. The van der Waals surface area contributed by atoms with E-state index in [9.17, 15) is 0 Å². The zero-order valence-electron chi connectivity index (χ0n) is 30.1. The topological polar surface area (TPSA) is 6.48 Å². The summed E-state index contributed by atoms with van der Waals surface area (Å²) in [7, 11) is -2.19. The van der Waals surface area contributed by atoms with Crippen molar-refractivity contribution in [2.45, 2.75) is 26.9 Å². The van der Waals surface area contributed by atoms with Crippen molar-refractivity contribution in [2.75, 3.05) is 9.80 Å². The van der Waals surface area contributed by atoms with Crippen LogP contribution in [0.15, 0.2) is 164 Å². The van der Waals surface area contributed by atoms with Crippen LogP contribution in [0.4, 0.5) is 34.1 Å². The second kappa shape index (κ2) is 11.6. The van der Waals surface area contributed by atoms with Crippen molar-refractivity contribution < 1.29 is 0 Å². The summed E-state index contributed by atoms with van der Waals surface area (Å²) in [6.45, 7) is 9.50. The Morgan fingerprint density at radius 2 is 0.923 bits per heavy atom. The Hall–Kier alpha value is -5.84. The summed E-state index contributed by atoms with van der Waals surface area (Å²) < 4.78 is 0. The van der Waals surface area contributed by atoms with E-state index in [4.69, 9.17) is 0 Å². The second-order valence-electron chi connectivity index (χ2n) is 15.2. The normalized spacial score (nSPS) is 13.3. The van der Waals surface area contributed by atoms with Crippen LogP contribution < -0.4 is 36.6 Å². The van der Waals surface area contributed by atoms with Crippen molar-refractivity contribution in [3.05, 3.63) is 175 Å². The van der Waals surface area contributed by atoms with Crippen LogP contribution in [-0.4, -0.2) is 14.8 Å². The molecule has 0 spiro atoms. The smallest absolute Gasteiger partial charge is 0.252 e. The fraction of sp³-hybridized carbons (Fsp3) is 0.0833. The van der Waals surface area contributed by atoms with Crippen LogP contribution in [0, 0.1) is 13.8 Å². The maximum Gasteiger partial charge on any atom is 0.252 e. The van der Waals surface area contributed by atoms with Crippen LogP contribution in [0.2, 0.25) is 13.1 Å². The first-order valence-corrected chi connectivity index (χ1v) is 21.4. The number of nitrogens with zero attached hydrogens (tertiary/aromatic N) is 2. The minimum atomic E-state index is -2.19. The Labute approximate surface area is 307 Å². The van der Waals surface area contributed by atoms with E-state index < -0.39 is 8.07 Å². The highest BCUT2D eigenvalue weighted by atomic mass is 28.3. The molecule has 0 amide bonds. The van der Waals surface area contributed by atoms with Crippen molar-refractivity contribution in [1.82, 2.24) is 0 Å². The SMILES string of the molecule is Cc1cccc(N2c3cc([Si](C)(C)c4ccccc4)cc4c3B(c3ccc5ccccc5c32)c2ccc3ccccc3c2N4c2cccc(C)c2)c1. The fourth-order valence-corrected chi connectivity index (χ4v) is 11.3. The Kier molecular flexibility index (Phi) is 6.90. The summed E-state index contributed by atoms with van der Waals surface area (Å²) in [5.41, 5.74) is 14.1. The third-order valence-corrected chi connectivity index (χ3v) is 15.1. The molecule has 2 aliphatic rings. The molecule has 8 aromatic carbocycles. The van der Waals surface area contributed by atoms with Crippen LogP contribution in [0.5, 0.6) is 0 Å². The van der Waals surface area contributed by atoms with Crippen molar-refractivity contribution >= 4 is 97.2 Å². The maximum absolute atomic E-state index is 2.60. The predicted octanol–water partition coefficient (Wildman–Crippen LogP) is 9.52. The molecule has 0 aromatic heterocycles. The number of benzene rings is 8. The quantitative estimate of drug-likeness (QED) is 0.171. The largest absolute Gasteiger partial charge is 0.311 e. The van der Waals surface area contributed by atoms with Crippen molar-refractivity contribution in [3.8, 4) is 0 Å². The molecular formula is C48H39BN2Si. The van der Waals surface area contributed by atoms with Gasteiger partial charge in [0, 0.05) is 44.9 Å². The van der Waals surface area contributed by atoms with Crippen LogP contribution in [0.1, 0.15) is 11.1 Å². The van der Waals surface area contributed by atoms with E-state index in [0.717, 1.165) is 0 Å². The van der Waals surface area contributed by atoms with E-state index in [-0.39, 0.29) is 6.71 Å². The summed E-state index contributed by atoms with van der Waals surface area (Å²) in [6.07, 6.45) is 0. The molecule has 2 aliphatic heterocycles. The Morgan fingerprint density at radius 3 is 1.42 bits per heavy atom. The monoisotopic (exact) mass is 682 g/mol. The molecule has 2 heterocycles. The first kappa shape index (κ1) is 30.9. The van der Waals surface area contributed by atoms with Crippen LogP contribution in [0.25, 0.3) is 21.5 Å². The molecule has 0 unspecified atom stereocenters. The molecule has 0 fully saturated rings. The van der Waals surface area contributed by atoms with Gasteiger partial charge in [0.05, 0.1) is 0 Å². The summed E-state index contributed by atoms with van der Waals surface area (Å²) in [6, 6.07) is 61.8. The predicted molar refractivity (Wildman–Crippen MR) is 228 cm³/mol. The lowest BCUT2D eigenvalue weighted by Crippen LogP contribution is -2.63. The molecule has 0 bridgehead atoms. The molecule has 0 atom stereocenters. The molecule has 4 heteroatoms. The third kappa shape index (κ3) is 4.57. The molecule has 0 radical (unpaired) electrons. The molecule has 2 nitrogen and oxygen atoms in total. The van der Waals surface area contributed by atoms with Gasteiger partial charge in [-0.1, -0.05) is 151 Å². The van der Waals surface area contributed by atoms with Gasteiger partial charge in [-0.05, 0) is 88.5 Å². The van der Waals surface area contributed by atoms with E-state index in [1.54, 1.807) is 0 Å². The van der Waals surface area contributed by atoms with Gasteiger partial charge in [-0.25, -0.2) is 0 Å². The van der Waals surface area contributed by atoms with Crippen molar-refractivity contribution in [1.29, 1.82) is 0 Å². The lowest BCUT2D eigenvalue weighted by Gasteiger charge is -2.46. The molecular weight excluding hydrogens is 643 g/mol. The minimum absolute atomic E-state index is 0.0573. The number of aryl methyl sites for hydroxylation is 2. The molecule has 52 heavy (non-hydrogen) atoms. The molecule has 10 rings (SSSR count). The fourth-order valence-electron chi connectivity index (χ4n) is 8.97. The highest BCUT2D eigenvalue weighted by Crippen LogP contribution is 2.47. The third-order valence-electron chi connectivity index (χ3n) is 11.6. The van der Waals surface area contributed by atoms with E-state index in [1.807, 2.05) is 0 Å². The summed E-state index contributed by atoms with van der Waals surface area (Å²) >= 11 is 0. The lowest BCUT2D eigenvalue weighted by atomic mass is 9.33. The number of fused-ring (bicyclic) bond motifs is 8. The van der Waals surface area contributed by atoms with Gasteiger partial charge in [-0.3, -0.25) is 0 Å². The molecule has 8 aromatic rings. The van der Waals surface area contributed by atoms with Gasteiger partial charge < -0.3 is 9.80 Å². The van der Waals surface area contributed by atoms with Crippen LogP contribution in [0.3, 0.4) is 0 Å². The Morgan fingerprint density at radius 1 is 0.442 bits per heavy atom. The van der Waals surface area contributed by atoms with Gasteiger partial charge in [-0.2, -0.15) is 0 Å². The standard InChI is InChI=1S/C48H39BN2Si/c1-32-14-12-18-36(28-32)50-44-30-39(52(3,4)38-20-6-5-7-21-38)31-45-46(44)49(42-26-24-34-16-8-10-22-40(34)47(42)50)43-27-25-35-17-9-11-23-41(35)48(43)51(45)37-19-13-15-33(2)29-37/h5-31H,1-4H3. The highest BCUT2D eigenvalue weighted by Gasteiger charge is 2.45. The van der Waals surface area contributed by atoms with E-state index >= 15 is 0 Å². The first-order chi connectivity index (χ1) is 25.4. The number of hydrogen-bond acceptors (Lipinski definition) is 2.